The fourth-order valence-electron chi connectivity index (χ4n) is 2.21. The van der Waals surface area contributed by atoms with Crippen molar-refractivity contribution < 1.29 is 9.84 Å². The Labute approximate surface area is 112 Å². The Bertz CT molecular complexity index is 351. The zero-order valence-electron chi connectivity index (χ0n) is 10.9. The van der Waals surface area contributed by atoms with Crippen molar-refractivity contribution in [1.29, 1.82) is 0 Å². The Morgan fingerprint density at radius 3 is 3.00 bits per heavy atom. The largest absolute Gasteiger partial charge is 0.389 e. The number of thiazole rings is 1. The fourth-order valence-corrected chi connectivity index (χ4v) is 2.97. The molecule has 1 aliphatic rings. The van der Waals surface area contributed by atoms with Gasteiger partial charge in [-0.25, -0.2) is 4.98 Å². The SMILES string of the molecule is Cc1ncc(CNCC(O)COC2CCCC2)s1. The number of nitrogens with one attached hydrogen (secondary N) is 1. The molecule has 1 aliphatic carbocycles. The van der Waals surface area contributed by atoms with E-state index in [2.05, 4.69) is 10.3 Å². The van der Waals surface area contributed by atoms with Crippen LogP contribution in [-0.4, -0.2) is 35.5 Å². The van der Waals surface area contributed by atoms with E-state index in [0.29, 0.717) is 19.3 Å². The summed E-state index contributed by atoms with van der Waals surface area (Å²) in [5, 5.41) is 14.1. The Kier molecular flexibility index (Phi) is 5.56. The van der Waals surface area contributed by atoms with Crippen LogP contribution in [0.3, 0.4) is 0 Å². The van der Waals surface area contributed by atoms with Crippen molar-refractivity contribution in [2.45, 2.75) is 51.4 Å². The van der Waals surface area contributed by atoms with Gasteiger partial charge in [0.05, 0.1) is 23.8 Å². The molecule has 0 saturated heterocycles. The smallest absolute Gasteiger partial charge is 0.0897 e. The molecular formula is C13H22N2O2S. The van der Waals surface area contributed by atoms with Gasteiger partial charge in [-0.05, 0) is 19.8 Å². The maximum atomic E-state index is 9.79. The van der Waals surface area contributed by atoms with Crippen LogP contribution in [0.15, 0.2) is 6.20 Å². The van der Waals surface area contributed by atoms with Gasteiger partial charge in [-0.3, -0.25) is 0 Å². The predicted octanol–water partition coefficient (Wildman–Crippen LogP) is 1.86. The molecule has 5 heteroatoms. The molecule has 18 heavy (non-hydrogen) atoms. The number of rotatable bonds is 7. The van der Waals surface area contributed by atoms with Gasteiger partial charge in [0.2, 0.25) is 0 Å². The first-order valence-corrected chi connectivity index (χ1v) is 7.47. The van der Waals surface area contributed by atoms with E-state index in [1.54, 1.807) is 11.3 Å². The quantitative estimate of drug-likeness (QED) is 0.794. The summed E-state index contributed by atoms with van der Waals surface area (Å²) in [4.78, 5) is 5.40. The normalized spacial score (nSPS) is 18.3. The summed E-state index contributed by atoms with van der Waals surface area (Å²) in [5.41, 5.74) is 0. The Morgan fingerprint density at radius 1 is 1.56 bits per heavy atom. The van der Waals surface area contributed by atoms with Crippen LogP contribution >= 0.6 is 11.3 Å². The van der Waals surface area contributed by atoms with Crippen LogP contribution in [-0.2, 0) is 11.3 Å². The minimum atomic E-state index is -0.417. The van der Waals surface area contributed by atoms with Crippen molar-refractivity contribution >= 4 is 11.3 Å². The summed E-state index contributed by atoms with van der Waals surface area (Å²) < 4.78 is 5.67. The molecule has 0 amide bonds. The van der Waals surface area contributed by atoms with Crippen LogP contribution in [0.4, 0.5) is 0 Å². The molecule has 0 spiro atoms. The lowest BCUT2D eigenvalue weighted by molar-refractivity contribution is -0.00548. The monoisotopic (exact) mass is 270 g/mol. The van der Waals surface area contributed by atoms with Gasteiger partial charge >= 0.3 is 0 Å². The van der Waals surface area contributed by atoms with Gasteiger partial charge in [0.1, 0.15) is 0 Å². The zero-order valence-corrected chi connectivity index (χ0v) is 11.7. The number of aromatic nitrogens is 1. The van der Waals surface area contributed by atoms with Gasteiger partial charge in [-0.1, -0.05) is 12.8 Å². The van der Waals surface area contributed by atoms with Crippen LogP contribution in [0.1, 0.15) is 35.6 Å². The fraction of sp³-hybridized carbons (Fsp3) is 0.769. The highest BCUT2D eigenvalue weighted by Crippen LogP contribution is 2.20. The molecule has 1 heterocycles. The molecule has 4 nitrogen and oxygen atoms in total. The molecule has 0 aromatic carbocycles. The molecule has 1 aromatic rings. The number of hydrogen-bond donors (Lipinski definition) is 2. The van der Waals surface area contributed by atoms with E-state index in [1.165, 1.54) is 17.7 Å². The lowest BCUT2D eigenvalue weighted by atomic mass is 10.3. The van der Waals surface area contributed by atoms with Crippen LogP contribution in [0.25, 0.3) is 0 Å². The summed E-state index contributed by atoms with van der Waals surface area (Å²) in [5.74, 6) is 0. The van der Waals surface area contributed by atoms with Crippen molar-refractivity contribution in [1.82, 2.24) is 10.3 Å². The summed E-state index contributed by atoms with van der Waals surface area (Å²) in [6.45, 7) is 3.79. The highest BCUT2D eigenvalue weighted by atomic mass is 32.1. The molecule has 0 radical (unpaired) electrons. The van der Waals surface area contributed by atoms with E-state index in [9.17, 15) is 5.11 Å². The van der Waals surface area contributed by atoms with Crippen LogP contribution in [0, 0.1) is 6.92 Å². The molecule has 2 N–H and O–H groups in total. The number of aliphatic hydroxyl groups excluding tert-OH is 1. The number of aliphatic hydroxyl groups is 1. The third-order valence-corrected chi connectivity index (χ3v) is 4.09. The molecule has 0 bridgehead atoms. The third kappa shape index (κ3) is 4.65. The van der Waals surface area contributed by atoms with Crippen LogP contribution < -0.4 is 5.32 Å². The summed E-state index contributed by atoms with van der Waals surface area (Å²) >= 11 is 1.69. The van der Waals surface area contributed by atoms with E-state index < -0.39 is 6.10 Å². The topological polar surface area (TPSA) is 54.4 Å². The van der Waals surface area contributed by atoms with E-state index in [1.807, 2.05) is 13.1 Å². The first kappa shape index (κ1) is 13.9. The van der Waals surface area contributed by atoms with E-state index in [-0.39, 0.29) is 0 Å². The molecule has 0 aliphatic heterocycles. The van der Waals surface area contributed by atoms with Gasteiger partial charge in [-0.15, -0.1) is 11.3 Å². The third-order valence-electron chi connectivity index (χ3n) is 3.17. The summed E-state index contributed by atoms with van der Waals surface area (Å²) in [6.07, 6.45) is 6.69. The first-order chi connectivity index (χ1) is 8.74. The zero-order chi connectivity index (χ0) is 12.8. The van der Waals surface area contributed by atoms with Crippen LogP contribution in [0.5, 0.6) is 0 Å². The van der Waals surface area contributed by atoms with Gasteiger partial charge in [0.15, 0.2) is 0 Å². The molecular weight excluding hydrogens is 248 g/mol. The number of ether oxygens (including phenoxy) is 1. The molecule has 1 atom stereocenters. The van der Waals surface area contributed by atoms with Gasteiger partial charge in [0.25, 0.3) is 0 Å². The lowest BCUT2D eigenvalue weighted by Gasteiger charge is -2.15. The predicted molar refractivity (Wildman–Crippen MR) is 72.8 cm³/mol. The average molecular weight is 270 g/mol. The van der Waals surface area contributed by atoms with Crippen molar-refractivity contribution in [2.24, 2.45) is 0 Å². The van der Waals surface area contributed by atoms with E-state index in [0.717, 1.165) is 24.4 Å². The lowest BCUT2D eigenvalue weighted by Crippen LogP contribution is -2.31. The molecule has 102 valence electrons. The molecule has 1 fully saturated rings. The van der Waals surface area contributed by atoms with Crippen LogP contribution in [0.2, 0.25) is 0 Å². The van der Waals surface area contributed by atoms with Gasteiger partial charge in [-0.2, -0.15) is 0 Å². The van der Waals surface area contributed by atoms with Crippen molar-refractivity contribution in [3.63, 3.8) is 0 Å². The number of hydrogen-bond acceptors (Lipinski definition) is 5. The highest BCUT2D eigenvalue weighted by Gasteiger charge is 2.16. The second kappa shape index (κ2) is 7.19. The second-order valence-corrected chi connectivity index (χ2v) is 6.19. The van der Waals surface area contributed by atoms with E-state index in [4.69, 9.17) is 4.74 Å². The average Bonchev–Trinajstić information content (AvgIpc) is 2.98. The molecule has 1 unspecified atom stereocenters. The maximum absolute atomic E-state index is 9.79. The van der Waals surface area contributed by atoms with Crippen molar-refractivity contribution in [2.75, 3.05) is 13.2 Å². The van der Waals surface area contributed by atoms with Gasteiger partial charge in [0, 0.05) is 24.2 Å². The minimum absolute atomic E-state index is 0.379. The highest BCUT2D eigenvalue weighted by molar-refractivity contribution is 7.11. The Morgan fingerprint density at radius 2 is 2.33 bits per heavy atom. The van der Waals surface area contributed by atoms with Crippen molar-refractivity contribution in [3.05, 3.63) is 16.1 Å². The van der Waals surface area contributed by atoms with Crippen molar-refractivity contribution in [3.8, 4) is 0 Å². The molecule has 1 saturated carbocycles. The summed E-state index contributed by atoms with van der Waals surface area (Å²) in [7, 11) is 0. The molecule has 1 aromatic heterocycles. The summed E-state index contributed by atoms with van der Waals surface area (Å²) in [6, 6.07) is 0. The molecule has 2 rings (SSSR count). The standard InChI is InChI=1S/C13H22N2O2S/c1-10-15-8-13(18-10)7-14-6-11(16)9-17-12-4-2-3-5-12/h8,11-12,14,16H,2-7,9H2,1H3. The number of aryl methyl sites for hydroxylation is 1. The Balaban J connectivity index is 1.55. The van der Waals surface area contributed by atoms with E-state index >= 15 is 0 Å². The Hall–Kier alpha value is -0.490. The number of nitrogens with zero attached hydrogens (tertiary/aromatic N) is 1. The van der Waals surface area contributed by atoms with Gasteiger partial charge < -0.3 is 15.2 Å². The first-order valence-electron chi connectivity index (χ1n) is 6.65. The minimum Gasteiger partial charge on any atom is -0.389 e. The second-order valence-electron chi connectivity index (χ2n) is 4.87. The maximum Gasteiger partial charge on any atom is 0.0897 e.